The fourth-order valence-electron chi connectivity index (χ4n) is 6.03. The van der Waals surface area contributed by atoms with Crippen LogP contribution in [0.1, 0.15) is 56.6 Å². The van der Waals surface area contributed by atoms with Gasteiger partial charge in [-0.1, -0.05) is 30.3 Å². The fourth-order valence-corrected chi connectivity index (χ4v) is 6.03. The molecule has 0 aliphatic heterocycles. The van der Waals surface area contributed by atoms with Crippen molar-refractivity contribution in [3.63, 3.8) is 0 Å². The number of hydrogen-bond donors (Lipinski definition) is 2. The van der Waals surface area contributed by atoms with Gasteiger partial charge in [0, 0.05) is 46.4 Å². The van der Waals surface area contributed by atoms with Crippen molar-refractivity contribution in [1.82, 2.24) is 14.9 Å². The third-order valence-corrected chi connectivity index (χ3v) is 7.89. The summed E-state index contributed by atoms with van der Waals surface area (Å²) in [4.78, 5) is 43.0. The smallest absolute Gasteiger partial charge is 0.251 e. The minimum atomic E-state index is -0.948. The third kappa shape index (κ3) is 5.58. The molecule has 0 saturated carbocycles. The van der Waals surface area contributed by atoms with Crippen molar-refractivity contribution in [2.24, 2.45) is 5.73 Å². The Hall–Kier alpha value is -5.25. The summed E-state index contributed by atoms with van der Waals surface area (Å²) in [7, 11) is 0. The van der Waals surface area contributed by atoms with Gasteiger partial charge in [-0.05, 0) is 66.8 Å². The summed E-state index contributed by atoms with van der Waals surface area (Å²) in [6.07, 6.45) is 3.25. The van der Waals surface area contributed by atoms with Crippen molar-refractivity contribution in [3.05, 3.63) is 125 Å². The Kier molecular flexibility index (Phi) is 7.73. The van der Waals surface area contributed by atoms with Crippen LogP contribution in [0.3, 0.4) is 0 Å². The lowest BCUT2D eigenvalue weighted by Crippen LogP contribution is -2.34. The molecule has 0 fully saturated rings. The van der Waals surface area contributed by atoms with Crippen molar-refractivity contribution in [1.29, 1.82) is 0 Å². The Morgan fingerprint density at radius 1 is 0.955 bits per heavy atom. The van der Waals surface area contributed by atoms with Crippen LogP contribution in [-0.4, -0.2) is 27.1 Å². The van der Waals surface area contributed by atoms with Crippen LogP contribution in [0.15, 0.2) is 79.0 Å². The quantitative estimate of drug-likeness (QED) is 0.235. The van der Waals surface area contributed by atoms with Gasteiger partial charge in [-0.25, -0.2) is 13.2 Å². The first kappa shape index (κ1) is 28.9. The molecule has 0 radical (unpaired) electrons. The highest BCUT2D eigenvalue weighted by Crippen LogP contribution is 2.33. The normalized spacial score (nSPS) is 13.5. The molecular formula is C34H27F3N4O3. The molecule has 222 valence electrons. The van der Waals surface area contributed by atoms with E-state index in [1.165, 1.54) is 30.5 Å². The Morgan fingerprint density at radius 2 is 1.73 bits per heavy atom. The van der Waals surface area contributed by atoms with Crippen LogP contribution in [0.5, 0.6) is 0 Å². The first-order valence-electron chi connectivity index (χ1n) is 14.1. The summed E-state index contributed by atoms with van der Waals surface area (Å²) in [6.45, 7) is -0.109. The van der Waals surface area contributed by atoms with E-state index in [0.717, 1.165) is 28.7 Å². The number of para-hydroxylation sites is 1. The zero-order valence-electron chi connectivity index (χ0n) is 23.4. The predicted octanol–water partition coefficient (Wildman–Crippen LogP) is 5.84. The van der Waals surface area contributed by atoms with E-state index in [1.807, 2.05) is 28.8 Å². The van der Waals surface area contributed by atoms with Crippen LogP contribution in [0.2, 0.25) is 0 Å². The number of aromatic nitrogens is 2. The number of nitrogens with one attached hydrogen (secondary N) is 1. The molecule has 0 unspecified atom stereocenters. The molecule has 1 aliphatic carbocycles. The van der Waals surface area contributed by atoms with Gasteiger partial charge in [-0.15, -0.1) is 0 Å². The molecule has 2 amide bonds. The van der Waals surface area contributed by atoms with Gasteiger partial charge in [-0.3, -0.25) is 19.4 Å². The lowest BCUT2D eigenvalue weighted by Gasteiger charge is -2.23. The maximum Gasteiger partial charge on any atom is 0.251 e. The summed E-state index contributed by atoms with van der Waals surface area (Å²) in [5, 5.41) is 3.77. The van der Waals surface area contributed by atoms with Crippen LogP contribution < -0.4 is 11.1 Å². The van der Waals surface area contributed by atoms with Crippen molar-refractivity contribution < 1.29 is 27.6 Å². The minimum Gasteiger partial charge on any atom is -0.366 e. The van der Waals surface area contributed by atoms with Crippen molar-refractivity contribution >= 4 is 28.5 Å². The van der Waals surface area contributed by atoms with Crippen LogP contribution in [0.4, 0.5) is 13.2 Å². The average molecular weight is 597 g/mol. The fraction of sp³-hybridized carbons (Fsp3) is 0.176. The molecule has 1 aliphatic rings. The van der Waals surface area contributed by atoms with Crippen LogP contribution >= 0.6 is 0 Å². The molecule has 0 saturated heterocycles. The number of carbonyl (C=O) groups excluding carboxylic acids is 3. The number of Topliss-reactive ketones (excluding diaryl/α,β-unsaturated/α-hetero) is 1. The molecule has 2 aromatic heterocycles. The molecule has 1 atom stereocenters. The first-order valence-corrected chi connectivity index (χ1v) is 14.1. The number of halogens is 3. The van der Waals surface area contributed by atoms with Crippen molar-refractivity contribution in [3.8, 4) is 11.1 Å². The average Bonchev–Trinajstić information content (AvgIpc) is 3.31. The van der Waals surface area contributed by atoms with E-state index in [9.17, 15) is 27.6 Å². The molecule has 10 heteroatoms. The van der Waals surface area contributed by atoms with Gasteiger partial charge in [0.15, 0.2) is 5.78 Å². The van der Waals surface area contributed by atoms with E-state index < -0.39 is 35.3 Å². The summed E-state index contributed by atoms with van der Waals surface area (Å²) >= 11 is 0. The maximum atomic E-state index is 14.3. The molecule has 0 bridgehead atoms. The Morgan fingerprint density at radius 3 is 2.50 bits per heavy atom. The van der Waals surface area contributed by atoms with Crippen LogP contribution in [-0.2, 0) is 24.2 Å². The second-order valence-corrected chi connectivity index (χ2v) is 10.8. The summed E-state index contributed by atoms with van der Waals surface area (Å²) < 4.78 is 44.5. The van der Waals surface area contributed by atoms with Crippen LogP contribution in [0, 0.1) is 17.5 Å². The number of rotatable bonds is 8. The number of nitrogens with zero attached hydrogens (tertiary/aromatic N) is 2. The van der Waals surface area contributed by atoms with E-state index in [2.05, 4.69) is 10.3 Å². The van der Waals surface area contributed by atoms with E-state index >= 15 is 0 Å². The largest absolute Gasteiger partial charge is 0.366 e. The maximum absolute atomic E-state index is 14.3. The Labute approximate surface area is 250 Å². The number of pyridine rings is 1. The van der Waals surface area contributed by atoms with Gasteiger partial charge < -0.3 is 15.6 Å². The SMILES string of the molecule is NC(=O)c1cc(-c2cccnc2[C@H](Cc2cc(F)cc(F)c2)NC(=O)Cn2c3c(c4ccccc42)C(=O)CCC3)ccc1F. The van der Waals surface area contributed by atoms with Gasteiger partial charge >= 0.3 is 0 Å². The highest BCUT2D eigenvalue weighted by molar-refractivity contribution is 6.10. The van der Waals surface area contributed by atoms with Gasteiger partial charge in [-0.2, -0.15) is 0 Å². The van der Waals surface area contributed by atoms with Crippen molar-refractivity contribution in [2.45, 2.75) is 38.3 Å². The molecule has 44 heavy (non-hydrogen) atoms. The molecule has 5 aromatic rings. The standard InChI is InChI=1S/C34H27F3N4O3/c35-21-13-19(14-22(36)17-21)15-27(33-23(6-4-12-39-33)20-10-11-26(37)25(16-20)34(38)44)40-31(43)18-41-28-7-2-1-5-24(28)32-29(41)8-3-9-30(32)42/h1-2,4-7,10-14,16-17,27H,3,8-9,15,18H2,(H2,38,44)(H,40,43)/t27-/m0/s1. The van der Waals surface area contributed by atoms with E-state index in [4.69, 9.17) is 5.73 Å². The Bertz CT molecular complexity index is 1930. The molecule has 2 heterocycles. The van der Waals surface area contributed by atoms with Crippen LogP contribution in [0.25, 0.3) is 22.0 Å². The number of amides is 2. The summed E-state index contributed by atoms with van der Waals surface area (Å²) in [5.41, 5.74) is 8.74. The number of nitrogens with two attached hydrogens (primary N) is 1. The summed E-state index contributed by atoms with van der Waals surface area (Å²) in [5.74, 6) is -3.65. The minimum absolute atomic E-state index is 0.0304. The number of ketones is 1. The zero-order valence-corrected chi connectivity index (χ0v) is 23.4. The second kappa shape index (κ2) is 11.8. The number of benzene rings is 3. The van der Waals surface area contributed by atoms with Gasteiger partial charge in [0.05, 0.1) is 17.3 Å². The number of primary amides is 1. The molecular weight excluding hydrogens is 569 g/mol. The molecule has 3 aromatic carbocycles. The Balaban J connectivity index is 1.40. The number of carbonyl (C=O) groups is 3. The zero-order chi connectivity index (χ0) is 31.0. The van der Waals surface area contributed by atoms with E-state index in [-0.39, 0.29) is 29.9 Å². The number of hydrogen-bond acceptors (Lipinski definition) is 4. The molecule has 3 N–H and O–H groups in total. The summed E-state index contributed by atoms with van der Waals surface area (Å²) in [6, 6.07) is 16.9. The topological polar surface area (TPSA) is 107 Å². The van der Waals surface area contributed by atoms with E-state index in [1.54, 1.807) is 12.1 Å². The van der Waals surface area contributed by atoms with Gasteiger partial charge in [0.1, 0.15) is 24.0 Å². The first-order chi connectivity index (χ1) is 21.2. The van der Waals surface area contributed by atoms with Crippen molar-refractivity contribution in [2.75, 3.05) is 0 Å². The highest BCUT2D eigenvalue weighted by atomic mass is 19.1. The molecule has 6 rings (SSSR count). The van der Waals surface area contributed by atoms with Gasteiger partial charge in [0.25, 0.3) is 5.91 Å². The second-order valence-electron chi connectivity index (χ2n) is 10.8. The van der Waals surface area contributed by atoms with Gasteiger partial charge in [0.2, 0.25) is 5.91 Å². The number of fused-ring (bicyclic) bond motifs is 3. The lowest BCUT2D eigenvalue weighted by atomic mass is 9.94. The third-order valence-electron chi connectivity index (χ3n) is 7.89. The highest BCUT2D eigenvalue weighted by Gasteiger charge is 2.28. The monoisotopic (exact) mass is 596 g/mol. The molecule has 0 spiro atoms. The predicted molar refractivity (Wildman–Crippen MR) is 158 cm³/mol. The van der Waals surface area contributed by atoms with E-state index in [0.29, 0.717) is 41.6 Å². The molecule has 7 nitrogen and oxygen atoms in total. The lowest BCUT2D eigenvalue weighted by molar-refractivity contribution is -0.122.